The molecule has 3 unspecified atom stereocenters. The number of hydrogen-bond acceptors (Lipinski definition) is 12. The molecule has 1 rings (SSSR count). The summed E-state index contributed by atoms with van der Waals surface area (Å²) < 4.78 is 75.9. The molecule has 0 aromatic heterocycles. The second-order valence-corrected chi connectivity index (χ2v) is 6.50. The maximum atomic E-state index is 11.0. The van der Waals surface area contributed by atoms with E-state index in [1.165, 1.54) is 0 Å². The Morgan fingerprint density at radius 3 is 2.08 bits per heavy atom. The van der Waals surface area contributed by atoms with Gasteiger partial charge in [0.05, 0.1) is 6.61 Å². The van der Waals surface area contributed by atoms with Crippen molar-refractivity contribution in [3.8, 4) is 0 Å². The van der Waals surface area contributed by atoms with E-state index in [4.69, 9.17) is 4.74 Å². The molecule has 0 aliphatic carbocycles. The van der Waals surface area contributed by atoms with E-state index in [0.717, 1.165) is 6.92 Å². The number of rotatable bonds is 6. The number of carbonyl (C=O) groups excluding carboxylic acids is 1. The SMILES string of the molecule is CC(=O)NC1C(O)OC(COS(=O)(=O)[O-])[C@H](O)[C@H]1OS(=O)(=O)[O-].[Na+].[Na+]. The third kappa shape index (κ3) is 10.3. The van der Waals surface area contributed by atoms with Crippen molar-refractivity contribution in [3.63, 3.8) is 0 Å². The van der Waals surface area contributed by atoms with Crippen LogP contribution in [0.25, 0.3) is 0 Å². The minimum atomic E-state index is -5.36. The monoisotopic (exact) mass is 425 g/mol. The number of aliphatic hydroxyl groups excluding tert-OH is 2. The first-order valence-electron chi connectivity index (χ1n) is 5.83. The summed E-state index contributed by atoms with van der Waals surface area (Å²) >= 11 is 0. The Morgan fingerprint density at radius 1 is 1.16 bits per heavy atom. The molecule has 0 radical (unpaired) electrons. The van der Waals surface area contributed by atoms with Crippen molar-refractivity contribution in [2.24, 2.45) is 0 Å². The van der Waals surface area contributed by atoms with Crippen LogP contribution in [-0.2, 0) is 38.7 Å². The Kier molecular flexibility index (Phi) is 12.7. The van der Waals surface area contributed by atoms with Gasteiger partial charge in [-0.2, -0.15) is 0 Å². The van der Waals surface area contributed by atoms with E-state index in [0.29, 0.717) is 0 Å². The molecule has 1 aliphatic heterocycles. The Hall–Kier alpha value is 1.09. The van der Waals surface area contributed by atoms with Crippen LogP contribution in [0.1, 0.15) is 6.92 Å². The van der Waals surface area contributed by atoms with Crippen molar-refractivity contribution in [1.29, 1.82) is 0 Å². The second kappa shape index (κ2) is 11.2. The van der Waals surface area contributed by atoms with Gasteiger partial charge in [-0.25, -0.2) is 16.8 Å². The number of aliphatic hydroxyl groups is 2. The van der Waals surface area contributed by atoms with Crippen molar-refractivity contribution in [1.82, 2.24) is 5.32 Å². The van der Waals surface area contributed by atoms with Crippen LogP contribution in [0, 0.1) is 0 Å². The predicted molar refractivity (Wildman–Crippen MR) is 64.7 cm³/mol. The molecule has 17 heteroatoms. The predicted octanol–water partition coefficient (Wildman–Crippen LogP) is -10.1. The summed E-state index contributed by atoms with van der Waals surface area (Å²) in [5, 5.41) is 21.6. The standard InChI is InChI=1S/C8H15NO12S2.2Na/c1-3(10)9-5-7(21-23(16,17)18)6(11)4(20-8(5)12)2-19-22(13,14)15;;/h4-8,11-12H,2H2,1H3,(H,9,10)(H,13,14,15)(H,16,17,18);;/q;2*+1/p-2/t4?,5?,6-,7-,8?;;/m0../s1. The molecule has 0 spiro atoms. The summed E-state index contributed by atoms with van der Waals surface area (Å²) in [6.07, 6.45) is -7.75. The summed E-state index contributed by atoms with van der Waals surface area (Å²) in [7, 11) is -10.5. The van der Waals surface area contributed by atoms with Gasteiger partial charge >= 0.3 is 59.1 Å². The van der Waals surface area contributed by atoms with Crippen LogP contribution in [0.3, 0.4) is 0 Å². The van der Waals surface area contributed by atoms with Gasteiger partial charge in [-0.05, 0) is 0 Å². The summed E-state index contributed by atoms with van der Waals surface area (Å²) in [6, 6.07) is -1.66. The van der Waals surface area contributed by atoms with Crippen molar-refractivity contribution < 1.29 is 113 Å². The van der Waals surface area contributed by atoms with E-state index in [-0.39, 0.29) is 59.1 Å². The average Bonchev–Trinajstić information content (AvgIpc) is 2.33. The topological polar surface area (TPSA) is 212 Å². The zero-order chi connectivity index (χ0) is 18.0. The Morgan fingerprint density at radius 2 is 1.68 bits per heavy atom. The quantitative estimate of drug-likeness (QED) is 0.206. The second-order valence-electron chi connectivity index (χ2n) is 4.44. The zero-order valence-corrected chi connectivity index (χ0v) is 19.0. The molecule has 0 aromatic carbocycles. The van der Waals surface area contributed by atoms with E-state index in [9.17, 15) is 40.9 Å². The van der Waals surface area contributed by atoms with Crippen LogP contribution in [0.2, 0.25) is 0 Å². The third-order valence-corrected chi connectivity index (χ3v) is 3.55. The molecular weight excluding hydrogens is 412 g/mol. The smallest absolute Gasteiger partial charge is 0.726 e. The van der Waals surface area contributed by atoms with Crippen molar-refractivity contribution in [2.75, 3.05) is 6.61 Å². The van der Waals surface area contributed by atoms with E-state index < -0.39 is 64.0 Å². The van der Waals surface area contributed by atoms with E-state index in [2.05, 4.69) is 8.37 Å². The molecule has 1 amide bonds. The molecule has 1 fully saturated rings. The summed E-state index contributed by atoms with van der Waals surface area (Å²) in [5.41, 5.74) is 0. The van der Waals surface area contributed by atoms with Gasteiger partial charge in [-0.15, -0.1) is 0 Å². The van der Waals surface area contributed by atoms with Gasteiger partial charge in [0.25, 0.3) is 0 Å². The fourth-order valence-corrected chi connectivity index (χ4v) is 2.67. The summed E-state index contributed by atoms with van der Waals surface area (Å²) in [5.74, 6) is -0.779. The van der Waals surface area contributed by atoms with Gasteiger partial charge in [0, 0.05) is 6.92 Å². The maximum Gasteiger partial charge on any atom is 1.00 e. The molecule has 5 atom stereocenters. The minimum absolute atomic E-state index is 0. The first-order valence-corrected chi connectivity index (χ1v) is 8.50. The number of ether oxygens (including phenoxy) is 1. The molecule has 3 N–H and O–H groups in total. The van der Waals surface area contributed by atoms with Gasteiger partial charge in [0.15, 0.2) is 6.29 Å². The van der Waals surface area contributed by atoms with Crippen molar-refractivity contribution in [3.05, 3.63) is 0 Å². The van der Waals surface area contributed by atoms with Crippen LogP contribution in [0.15, 0.2) is 0 Å². The molecule has 0 bridgehead atoms. The number of carbonyl (C=O) groups is 1. The third-order valence-electron chi connectivity index (χ3n) is 2.67. The number of hydrogen-bond donors (Lipinski definition) is 3. The van der Waals surface area contributed by atoms with Crippen LogP contribution in [0.5, 0.6) is 0 Å². The normalized spacial score (nSPS) is 29.9. The average molecular weight is 425 g/mol. The summed E-state index contributed by atoms with van der Waals surface area (Å²) in [6.45, 7) is -0.101. The van der Waals surface area contributed by atoms with Gasteiger partial charge in [-0.3, -0.25) is 13.2 Å². The molecule has 13 nitrogen and oxygen atoms in total. The van der Waals surface area contributed by atoms with Crippen molar-refractivity contribution >= 4 is 26.7 Å². The first kappa shape index (κ1) is 28.3. The van der Waals surface area contributed by atoms with Gasteiger partial charge in [0.1, 0.15) is 24.4 Å². The fraction of sp³-hybridized carbons (Fsp3) is 0.875. The minimum Gasteiger partial charge on any atom is -0.726 e. The Labute approximate surface area is 187 Å². The van der Waals surface area contributed by atoms with Gasteiger partial charge in [0.2, 0.25) is 26.7 Å². The number of amides is 1. The van der Waals surface area contributed by atoms with E-state index >= 15 is 0 Å². The summed E-state index contributed by atoms with van der Waals surface area (Å²) in [4.78, 5) is 11.0. The Bertz CT molecular complexity index is 640. The van der Waals surface area contributed by atoms with Crippen LogP contribution >= 0.6 is 0 Å². The zero-order valence-electron chi connectivity index (χ0n) is 13.4. The number of nitrogens with one attached hydrogen (secondary N) is 1. The maximum absolute atomic E-state index is 11.0. The molecule has 1 heterocycles. The first-order chi connectivity index (χ1) is 10.3. The molecule has 1 aliphatic rings. The molecule has 0 saturated carbocycles. The molecular formula is C8H13NNa2O12S2. The molecule has 1 saturated heterocycles. The van der Waals surface area contributed by atoms with Gasteiger partial charge < -0.3 is 29.4 Å². The fourth-order valence-electron chi connectivity index (χ4n) is 1.86. The van der Waals surface area contributed by atoms with Crippen LogP contribution in [0.4, 0.5) is 0 Å². The van der Waals surface area contributed by atoms with Crippen molar-refractivity contribution in [2.45, 2.75) is 37.6 Å². The van der Waals surface area contributed by atoms with E-state index in [1.807, 2.05) is 5.32 Å². The largest absolute Gasteiger partial charge is 1.00 e. The molecule has 136 valence electrons. The van der Waals surface area contributed by atoms with Gasteiger partial charge in [-0.1, -0.05) is 0 Å². The van der Waals surface area contributed by atoms with Crippen LogP contribution in [-0.4, -0.2) is 79.3 Å². The van der Waals surface area contributed by atoms with Crippen LogP contribution < -0.4 is 64.4 Å². The molecule has 25 heavy (non-hydrogen) atoms. The Balaban J connectivity index is 0. The van der Waals surface area contributed by atoms with E-state index in [1.54, 1.807) is 0 Å². The molecule has 0 aromatic rings.